The molecule has 2 aliphatic heterocycles. The average molecular weight is 515 g/mol. The molecule has 2 unspecified atom stereocenters. The summed E-state index contributed by atoms with van der Waals surface area (Å²) in [5.74, 6) is -2.21. The lowest BCUT2D eigenvalue weighted by molar-refractivity contribution is -0.696. The summed E-state index contributed by atoms with van der Waals surface area (Å²) in [6.45, 7) is 0.364. The first kappa shape index (κ1) is 23.3. The van der Waals surface area contributed by atoms with Crippen LogP contribution in [0, 0.1) is 0 Å². The number of nitrogens with zero attached hydrogens (tertiary/aromatic N) is 4. The Hall–Kier alpha value is -3.45. The molecular weight excluding hydrogens is 492 g/mol. The highest BCUT2D eigenvalue weighted by Crippen LogP contribution is 2.40. The molecule has 11 nitrogen and oxygen atoms in total. The smallest absolute Gasteiger partial charge is 0.276 e. The van der Waals surface area contributed by atoms with Gasteiger partial charge in [-0.05, 0) is 18.9 Å². The molecule has 4 heterocycles. The van der Waals surface area contributed by atoms with E-state index in [2.05, 4.69) is 26.1 Å². The zero-order valence-electron chi connectivity index (χ0n) is 18.7. The van der Waals surface area contributed by atoms with Crippen LogP contribution in [0.5, 0.6) is 0 Å². The number of aromatic nitrogens is 2. The van der Waals surface area contributed by atoms with Crippen molar-refractivity contribution < 1.29 is 28.9 Å². The van der Waals surface area contributed by atoms with Gasteiger partial charge < -0.3 is 25.8 Å². The minimum Gasteiger partial charge on any atom is -0.543 e. The fourth-order valence-electron chi connectivity index (χ4n) is 4.66. The Balaban J connectivity index is 1.36. The van der Waals surface area contributed by atoms with Gasteiger partial charge in [-0.25, -0.2) is 4.98 Å². The predicted molar refractivity (Wildman–Crippen MR) is 126 cm³/mol. The van der Waals surface area contributed by atoms with Gasteiger partial charge in [0, 0.05) is 34.8 Å². The maximum atomic E-state index is 13.0. The molecule has 1 aliphatic carbocycles. The summed E-state index contributed by atoms with van der Waals surface area (Å²) in [5.41, 5.74) is 8.69. The van der Waals surface area contributed by atoms with Crippen LogP contribution in [-0.4, -0.2) is 57.7 Å². The van der Waals surface area contributed by atoms with Gasteiger partial charge in [-0.3, -0.25) is 14.5 Å². The van der Waals surface area contributed by atoms with E-state index in [9.17, 15) is 19.5 Å². The number of carboxylic acid groups (broad SMARTS) is 1. The Labute approximate surface area is 208 Å². The number of carbonyl (C=O) groups is 3. The van der Waals surface area contributed by atoms with Gasteiger partial charge in [-0.15, -0.1) is 23.1 Å². The van der Waals surface area contributed by atoms with Gasteiger partial charge in [0.05, 0.1) is 11.7 Å². The number of aliphatic carboxylic acids is 1. The minimum atomic E-state index is -1.41. The topological polar surface area (TPSA) is 154 Å². The Morgan fingerprint density at radius 1 is 1.43 bits per heavy atom. The second kappa shape index (κ2) is 9.30. The van der Waals surface area contributed by atoms with Crippen LogP contribution in [0.25, 0.3) is 0 Å². The fraction of sp³-hybridized carbons (Fsp3) is 0.364. The van der Waals surface area contributed by atoms with E-state index in [1.54, 1.807) is 5.38 Å². The van der Waals surface area contributed by atoms with Crippen molar-refractivity contribution in [2.45, 2.75) is 37.2 Å². The number of β-lactam (4-membered cyclic amide) rings is 1. The van der Waals surface area contributed by atoms with E-state index in [0.29, 0.717) is 17.9 Å². The molecule has 1 fully saturated rings. The van der Waals surface area contributed by atoms with E-state index in [1.165, 1.54) is 35.0 Å². The molecule has 1 saturated heterocycles. The lowest BCUT2D eigenvalue weighted by Gasteiger charge is -2.50. The predicted octanol–water partition coefficient (Wildman–Crippen LogP) is -1.04. The Morgan fingerprint density at radius 2 is 2.26 bits per heavy atom. The van der Waals surface area contributed by atoms with Gasteiger partial charge in [0.15, 0.2) is 29.3 Å². The van der Waals surface area contributed by atoms with E-state index in [0.717, 1.165) is 30.6 Å². The van der Waals surface area contributed by atoms with Crippen molar-refractivity contribution in [3.05, 3.63) is 51.9 Å². The number of carboxylic acids is 1. The van der Waals surface area contributed by atoms with Crippen molar-refractivity contribution in [1.29, 1.82) is 0 Å². The molecule has 2 aromatic rings. The van der Waals surface area contributed by atoms with Crippen molar-refractivity contribution in [3.8, 4) is 0 Å². The molecule has 0 spiro atoms. The molecule has 2 amide bonds. The molecule has 3 aliphatic rings. The normalized spacial score (nSPS) is 21.3. The highest BCUT2D eigenvalue weighted by molar-refractivity contribution is 8.00. The van der Waals surface area contributed by atoms with E-state index < -0.39 is 29.2 Å². The van der Waals surface area contributed by atoms with Crippen molar-refractivity contribution in [3.63, 3.8) is 0 Å². The minimum absolute atomic E-state index is 0.120. The third-order valence-electron chi connectivity index (χ3n) is 6.19. The lowest BCUT2D eigenvalue weighted by atomic mass is 10.0. The molecule has 5 rings (SSSR count). The number of fused-ring (bicyclic) bond motifs is 2. The van der Waals surface area contributed by atoms with Gasteiger partial charge in [0.1, 0.15) is 24.2 Å². The van der Waals surface area contributed by atoms with Crippen LogP contribution < -0.4 is 20.7 Å². The maximum Gasteiger partial charge on any atom is 0.276 e. The van der Waals surface area contributed by atoms with E-state index >= 15 is 0 Å². The quantitative estimate of drug-likeness (QED) is 0.206. The van der Waals surface area contributed by atoms with Crippen LogP contribution in [0.3, 0.4) is 0 Å². The number of amides is 2. The zero-order chi connectivity index (χ0) is 24.7. The van der Waals surface area contributed by atoms with Crippen molar-refractivity contribution in [2.75, 3.05) is 18.6 Å². The molecule has 0 bridgehead atoms. The summed E-state index contributed by atoms with van der Waals surface area (Å²) in [7, 11) is 1.29. The molecule has 182 valence electrons. The maximum absolute atomic E-state index is 13.0. The third-order valence-corrected chi connectivity index (χ3v) is 8.20. The summed E-state index contributed by atoms with van der Waals surface area (Å²) in [5, 5.41) is 19.7. The number of nitrogens with two attached hydrogens (primary N) is 1. The van der Waals surface area contributed by atoms with Crippen LogP contribution in [0.15, 0.2) is 40.1 Å². The zero-order valence-corrected chi connectivity index (χ0v) is 20.4. The molecule has 0 aromatic carbocycles. The Kier molecular flexibility index (Phi) is 6.19. The number of carbonyl (C=O) groups excluding carboxylic acids is 3. The highest BCUT2D eigenvalue weighted by atomic mass is 32.2. The third kappa shape index (κ3) is 4.14. The average Bonchev–Trinajstić information content (AvgIpc) is 3.49. The number of hydrogen-bond donors (Lipinski definition) is 2. The molecule has 0 saturated carbocycles. The number of aryl methyl sites for hydroxylation is 1. The number of anilines is 1. The molecule has 2 aromatic heterocycles. The summed E-state index contributed by atoms with van der Waals surface area (Å²) in [6, 6.07) is 3.12. The van der Waals surface area contributed by atoms with Crippen molar-refractivity contribution >= 4 is 51.7 Å². The number of oxime groups is 1. The number of hydrogen-bond acceptors (Lipinski definition) is 10. The molecule has 2 atom stereocenters. The van der Waals surface area contributed by atoms with Gasteiger partial charge in [0.25, 0.3) is 11.8 Å². The first-order valence-corrected chi connectivity index (χ1v) is 12.8. The summed E-state index contributed by atoms with van der Waals surface area (Å²) in [6.07, 6.45) is 4.94. The van der Waals surface area contributed by atoms with E-state index in [-0.39, 0.29) is 22.2 Å². The molecule has 3 N–H and O–H groups in total. The van der Waals surface area contributed by atoms with Crippen LogP contribution >= 0.6 is 23.1 Å². The van der Waals surface area contributed by atoms with E-state index in [1.807, 2.05) is 12.3 Å². The lowest BCUT2D eigenvalue weighted by Crippen LogP contribution is -2.71. The van der Waals surface area contributed by atoms with Crippen LogP contribution in [0.2, 0.25) is 0 Å². The molecule has 0 radical (unpaired) electrons. The number of thioether (sulfide) groups is 1. The molecule has 13 heteroatoms. The second-order valence-corrected chi connectivity index (χ2v) is 10.3. The number of nitrogens with one attached hydrogen (secondary N) is 1. The fourth-order valence-corrected chi connectivity index (χ4v) is 6.54. The summed E-state index contributed by atoms with van der Waals surface area (Å²) >= 11 is 2.53. The van der Waals surface area contributed by atoms with Crippen LogP contribution in [0.4, 0.5) is 5.13 Å². The second-order valence-electron chi connectivity index (χ2n) is 8.26. The Bertz CT molecular complexity index is 1290. The summed E-state index contributed by atoms with van der Waals surface area (Å²) < 4.78 is 2.05. The number of pyridine rings is 1. The van der Waals surface area contributed by atoms with E-state index in [4.69, 9.17) is 10.6 Å². The number of nitrogen functional groups attached to an aromatic ring is 1. The van der Waals surface area contributed by atoms with Gasteiger partial charge in [-0.2, -0.15) is 4.57 Å². The first-order chi connectivity index (χ1) is 16.9. The summed E-state index contributed by atoms with van der Waals surface area (Å²) in [4.78, 5) is 48.0. The van der Waals surface area contributed by atoms with Crippen molar-refractivity contribution in [2.24, 2.45) is 5.16 Å². The molecular formula is C22H22N6O5S2. The van der Waals surface area contributed by atoms with Crippen molar-refractivity contribution in [1.82, 2.24) is 15.2 Å². The highest BCUT2D eigenvalue weighted by Gasteiger charge is 2.53. The van der Waals surface area contributed by atoms with Gasteiger partial charge in [0.2, 0.25) is 0 Å². The standard InChI is InChI=1S/C22H22N6O5S2/c1-33-26-15(13-10-35-22(23)24-13)18(29)25-16-19(30)28-17(21(31)32)12(9-34-20(16)28)8-27-7-3-5-11-4-2-6-14(11)27/h3,5,7,10,16,20H,2,4,6,8-9H2,1H3,(H3-,23,24,25,29,31,32)/b26-15+. The van der Waals surface area contributed by atoms with Crippen LogP contribution in [0.1, 0.15) is 23.4 Å². The Morgan fingerprint density at radius 3 is 2.97 bits per heavy atom. The largest absolute Gasteiger partial charge is 0.543 e. The first-order valence-electron chi connectivity index (χ1n) is 10.9. The van der Waals surface area contributed by atoms with Gasteiger partial charge in [-0.1, -0.05) is 5.16 Å². The molecule has 35 heavy (non-hydrogen) atoms. The number of rotatable bonds is 7. The number of thiazole rings is 1. The SMILES string of the molecule is CO/N=C(/C(=O)NC1C(=O)N2C(C(=O)[O-])=C(C[n+]3cccc4c3CCC4)CSC12)c1csc(N)n1. The van der Waals surface area contributed by atoms with Crippen LogP contribution in [-0.2, 0) is 38.6 Å². The monoisotopic (exact) mass is 514 g/mol. The van der Waals surface area contributed by atoms with Gasteiger partial charge >= 0.3 is 0 Å².